The average molecular weight is 346 g/mol. The maximum Gasteiger partial charge on any atom is 0.412 e. The van der Waals surface area contributed by atoms with Gasteiger partial charge in [0.1, 0.15) is 11.3 Å². The third-order valence-electron chi connectivity index (χ3n) is 2.79. The molecule has 0 saturated carbocycles. The standard InChI is InChI=1S/C17H18N2O4S/c1-17(2,3)23-16(20)18-13-10-7-11-14(15(13)19(21)22)24-12-8-5-4-6-9-12/h4-11H,1-3H3,(H,18,20). The number of nitrogens with zero attached hydrogens (tertiary/aromatic N) is 1. The molecular weight excluding hydrogens is 328 g/mol. The van der Waals surface area contributed by atoms with Gasteiger partial charge in [0.15, 0.2) is 0 Å². The van der Waals surface area contributed by atoms with E-state index in [0.29, 0.717) is 4.90 Å². The second-order valence-corrected chi connectivity index (χ2v) is 7.07. The summed E-state index contributed by atoms with van der Waals surface area (Å²) >= 11 is 1.26. The smallest absolute Gasteiger partial charge is 0.412 e. The van der Waals surface area contributed by atoms with E-state index >= 15 is 0 Å². The van der Waals surface area contributed by atoms with E-state index in [1.165, 1.54) is 17.8 Å². The van der Waals surface area contributed by atoms with Crippen LogP contribution in [0.1, 0.15) is 20.8 Å². The van der Waals surface area contributed by atoms with Crippen LogP contribution in [0.2, 0.25) is 0 Å². The molecule has 7 heteroatoms. The van der Waals surface area contributed by atoms with Crippen molar-refractivity contribution in [1.82, 2.24) is 0 Å². The molecule has 2 rings (SSSR count). The number of hydrogen-bond acceptors (Lipinski definition) is 5. The number of benzene rings is 2. The van der Waals surface area contributed by atoms with E-state index < -0.39 is 16.6 Å². The van der Waals surface area contributed by atoms with Crippen LogP contribution in [0.5, 0.6) is 0 Å². The second-order valence-electron chi connectivity index (χ2n) is 5.95. The van der Waals surface area contributed by atoms with Crippen molar-refractivity contribution in [3.8, 4) is 0 Å². The van der Waals surface area contributed by atoms with Gasteiger partial charge in [-0.05, 0) is 45.0 Å². The largest absolute Gasteiger partial charge is 0.444 e. The van der Waals surface area contributed by atoms with Crippen molar-refractivity contribution in [2.24, 2.45) is 0 Å². The van der Waals surface area contributed by atoms with Gasteiger partial charge in [-0.3, -0.25) is 15.4 Å². The molecule has 0 aliphatic carbocycles. The highest BCUT2D eigenvalue weighted by Gasteiger charge is 2.24. The van der Waals surface area contributed by atoms with Crippen molar-refractivity contribution in [2.45, 2.75) is 36.2 Å². The highest BCUT2D eigenvalue weighted by molar-refractivity contribution is 7.99. The zero-order valence-electron chi connectivity index (χ0n) is 13.6. The van der Waals surface area contributed by atoms with Gasteiger partial charge in [0.25, 0.3) is 0 Å². The predicted octanol–water partition coefficient (Wildman–Crippen LogP) is 5.09. The predicted molar refractivity (Wildman–Crippen MR) is 93.5 cm³/mol. The number of carbonyl (C=O) groups is 1. The Morgan fingerprint density at radius 3 is 2.38 bits per heavy atom. The Kier molecular flexibility index (Phi) is 5.46. The Labute approximate surface area is 144 Å². The Morgan fingerprint density at radius 2 is 1.79 bits per heavy atom. The van der Waals surface area contributed by atoms with Gasteiger partial charge in [-0.1, -0.05) is 36.0 Å². The van der Waals surface area contributed by atoms with Crippen LogP contribution in [0.25, 0.3) is 0 Å². The van der Waals surface area contributed by atoms with Gasteiger partial charge in [-0.15, -0.1) is 0 Å². The number of rotatable bonds is 4. The monoisotopic (exact) mass is 346 g/mol. The summed E-state index contributed by atoms with van der Waals surface area (Å²) < 4.78 is 5.16. The number of nitro benzene ring substituents is 1. The molecule has 0 atom stereocenters. The maximum absolute atomic E-state index is 11.9. The van der Waals surface area contributed by atoms with Crippen LogP contribution in [0.4, 0.5) is 16.2 Å². The number of hydrogen-bond donors (Lipinski definition) is 1. The van der Waals surface area contributed by atoms with E-state index in [1.807, 2.05) is 30.3 Å². The lowest BCUT2D eigenvalue weighted by Crippen LogP contribution is -2.27. The number of para-hydroxylation sites is 1. The molecule has 6 nitrogen and oxygen atoms in total. The normalized spacial score (nSPS) is 11.0. The van der Waals surface area contributed by atoms with Crippen molar-refractivity contribution >= 4 is 29.2 Å². The van der Waals surface area contributed by atoms with Crippen LogP contribution in [-0.2, 0) is 4.74 Å². The molecule has 0 aromatic heterocycles. The van der Waals surface area contributed by atoms with Crippen molar-refractivity contribution in [2.75, 3.05) is 5.32 Å². The second kappa shape index (κ2) is 7.35. The van der Waals surface area contributed by atoms with Crippen LogP contribution in [0.15, 0.2) is 58.3 Å². The van der Waals surface area contributed by atoms with E-state index in [1.54, 1.807) is 32.9 Å². The SMILES string of the molecule is CC(C)(C)OC(=O)Nc1cccc(Sc2ccccc2)c1[N+](=O)[O-]. The molecule has 0 aliphatic rings. The molecule has 0 unspecified atom stereocenters. The molecule has 24 heavy (non-hydrogen) atoms. The Balaban J connectivity index is 2.30. The lowest BCUT2D eigenvalue weighted by Gasteiger charge is -2.19. The molecule has 0 aliphatic heterocycles. The lowest BCUT2D eigenvalue weighted by molar-refractivity contribution is -0.386. The van der Waals surface area contributed by atoms with Crippen molar-refractivity contribution < 1.29 is 14.5 Å². The third kappa shape index (κ3) is 4.99. The van der Waals surface area contributed by atoms with Gasteiger partial charge >= 0.3 is 11.8 Å². The van der Waals surface area contributed by atoms with Crippen molar-refractivity contribution in [3.63, 3.8) is 0 Å². The molecule has 2 aromatic rings. The average Bonchev–Trinajstić information content (AvgIpc) is 2.46. The summed E-state index contributed by atoms with van der Waals surface area (Å²) in [5.74, 6) is 0. The van der Waals surface area contributed by atoms with Gasteiger partial charge in [-0.25, -0.2) is 4.79 Å². The highest BCUT2D eigenvalue weighted by Crippen LogP contribution is 2.39. The number of nitro groups is 1. The molecule has 1 amide bonds. The zero-order valence-corrected chi connectivity index (χ0v) is 14.4. The molecule has 0 saturated heterocycles. The first kappa shape index (κ1) is 17.8. The first-order valence-electron chi connectivity index (χ1n) is 7.26. The van der Waals surface area contributed by atoms with Gasteiger partial charge < -0.3 is 4.74 Å². The quantitative estimate of drug-likeness (QED) is 0.616. The first-order valence-corrected chi connectivity index (χ1v) is 8.08. The maximum atomic E-state index is 11.9. The number of anilines is 1. The molecule has 0 radical (unpaired) electrons. The Hall–Kier alpha value is -2.54. The van der Waals surface area contributed by atoms with Gasteiger partial charge in [-0.2, -0.15) is 0 Å². The highest BCUT2D eigenvalue weighted by atomic mass is 32.2. The fraction of sp³-hybridized carbons (Fsp3) is 0.235. The van der Waals surface area contributed by atoms with Crippen LogP contribution < -0.4 is 5.32 Å². The molecule has 0 fully saturated rings. The van der Waals surface area contributed by atoms with Crippen LogP contribution in [0.3, 0.4) is 0 Å². The molecule has 0 heterocycles. The molecule has 126 valence electrons. The number of carbonyl (C=O) groups excluding carboxylic acids is 1. The van der Waals surface area contributed by atoms with E-state index in [0.717, 1.165) is 4.90 Å². The fourth-order valence-electron chi connectivity index (χ4n) is 1.92. The van der Waals surface area contributed by atoms with E-state index in [2.05, 4.69) is 5.32 Å². The van der Waals surface area contributed by atoms with Crippen LogP contribution in [0, 0.1) is 10.1 Å². The van der Waals surface area contributed by atoms with Crippen molar-refractivity contribution in [3.05, 3.63) is 58.6 Å². The minimum atomic E-state index is -0.729. The summed E-state index contributed by atoms with van der Waals surface area (Å²) in [5.41, 5.74) is -0.734. The summed E-state index contributed by atoms with van der Waals surface area (Å²) in [6, 6.07) is 14.1. The van der Waals surface area contributed by atoms with E-state index in [4.69, 9.17) is 4.74 Å². The Morgan fingerprint density at radius 1 is 1.12 bits per heavy atom. The minimum absolute atomic E-state index is 0.107. The molecular formula is C17H18N2O4S. The molecule has 2 aromatic carbocycles. The summed E-state index contributed by atoms with van der Waals surface area (Å²) in [4.78, 5) is 24.2. The summed E-state index contributed by atoms with van der Waals surface area (Å²) in [6.45, 7) is 5.17. The van der Waals surface area contributed by atoms with Crippen LogP contribution >= 0.6 is 11.8 Å². The van der Waals surface area contributed by atoms with Gasteiger partial charge in [0.2, 0.25) is 0 Å². The topological polar surface area (TPSA) is 81.5 Å². The molecule has 0 bridgehead atoms. The van der Waals surface area contributed by atoms with Crippen molar-refractivity contribution in [1.29, 1.82) is 0 Å². The number of ether oxygens (including phenoxy) is 1. The Bertz CT molecular complexity index is 742. The lowest BCUT2D eigenvalue weighted by atomic mass is 10.2. The zero-order chi connectivity index (χ0) is 17.7. The number of amides is 1. The van der Waals surface area contributed by atoms with Crippen LogP contribution in [-0.4, -0.2) is 16.6 Å². The van der Waals surface area contributed by atoms with Gasteiger partial charge in [0, 0.05) is 4.90 Å². The minimum Gasteiger partial charge on any atom is -0.444 e. The molecule has 1 N–H and O–H groups in total. The van der Waals surface area contributed by atoms with E-state index in [-0.39, 0.29) is 11.4 Å². The molecule has 0 spiro atoms. The summed E-state index contributed by atoms with van der Waals surface area (Å²) in [7, 11) is 0. The summed E-state index contributed by atoms with van der Waals surface area (Å²) in [6.07, 6.45) is -0.729. The number of nitrogens with one attached hydrogen (secondary N) is 1. The van der Waals surface area contributed by atoms with E-state index in [9.17, 15) is 14.9 Å². The summed E-state index contributed by atoms with van der Waals surface area (Å²) in [5, 5.41) is 14.0. The van der Waals surface area contributed by atoms with Gasteiger partial charge in [0.05, 0.1) is 9.82 Å². The third-order valence-corrected chi connectivity index (χ3v) is 3.85. The first-order chi connectivity index (χ1) is 11.3. The fourth-order valence-corrected chi connectivity index (χ4v) is 2.90.